The van der Waals surface area contributed by atoms with Crippen molar-refractivity contribution in [2.45, 2.75) is 39.5 Å². The molecule has 0 aliphatic carbocycles. The number of piperidine rings is 1. The van der Waals surface area contributed by atoms with E-state index in [0.29, 0.717) is 25.4 Å². The Labute approximate surface area is 134 Å². The molecule has 0 aromatic heterocycles. The van der Waals surface area contributed by atoms with Gasteiger partial charge in [-0.2, -0.15) is 0 Å². The number of rotatable bonds is 7. The first-order valence-corrected chi connectivity index (χ1v) is 7.80. The van der Waals surface area contributed by atoms with Gasteiger partial charge in [-0.1, -0.05) is 0 Å². The standard InChI is InChI=1S/C15H29N3O2.ClH/c1-4-18(5-2)15(20)12-17(3)14(19)7-6-13-8-10-16-11-9-13;/h13,16H,4-12H2,1-3H3;1H. The third kappa shape index (κ3) is 7.14. The molecule has 6 heteroatoms. The zero-order chi connectivity index (χ0) is 15.0. The highest BCUT2D eigenvalue weighted by Gasteiger charge is 2.19. The van der Waals surface area contributed by atoms with E-state index >= 15 is 0 Å². The molecule has 1 heterocycles. The number of carbonyl (C=O) groups is 2. The molecule has 1 aliphatic rings. The van der Waals surface area contributed by atoms with Crippen LogP contribution in [0.25, 0.3) is 0 Å². The number of nitrogens with zero attached hydrogens (tertiary/aromatic N) is 2. The summed E-state index contributed by atoms with van der Waals surface area (Å²) in [5.74, 6) is 0.781. The molecule has 1 N–H and O–H groups in total. The second-order valence-corrected chi connectivity index (χ2v) is 5.55. The van der Waals surface area contributed by atoms with Crippen molar-refractivity contribution in [3.63, 3.8) is 0 Å². The van der Waals surface area contributed by atoms with Crippen LogP contribution in [0, 0.1) is 5.92 Å². The van der Waals surface area contributed by atoms with Crippen molar-refractivity contribution in [1.82, 2.24) is 15.1 Å². The van der Waals surface area contributed by atoms with E-state index in [4.69, 9.17) is 0 Å². The summed E-state index contributed by atoms with van der Waals surface area (Å²) in [6, 6.07) is 0. The topological polar surface area (TPSA) is 52.7 Å². The summed E-state index contributed by atoms with van der Waals surface area (Å²) in [6.45, 7) is 7.65. The van der Waals surface area contributed by atoms with Crippen LogP contribution in [-0.4, -0.2) is 61.4 Å². The van der Waals surface area contributed by atoms with Crippen molar-refractivity contribution in [3.8, 4) is 0 Å². The van der Waals surface area contributed by atoms with Crippen molar-refractivity contribution in [1.29, 1.82) is 0 Å². The number of hydrogen-bond donors (Lipinski definition) is 1. The van der Waals surface area contributed by atoms with Gasteiger partial charge in [0, 0.05) is 26.6 Å². The Kier molecular flexibility index (Phi) is 10.4. The zero-order valence-corrected chi connectivity index (χ0v) is 14.4. The molecule has 0 aromatic carbocycles. The van der Waals surface area contributed by atoms with Crippen LogP contribution in [-0.2, 0) is 9.59 Å². The minimum absolute atomic E-state index is 0. The summed E-state index contributed by atoms with van der Waals surface area (Å²) in [6.07, 6.45) is 3.84. The van der Waals surface area contributed by atoms with Crippen molar-refractivity contribution < 1.29 is 9.59 Å². The Morgan fingerprint density at radius 3 is 2.19 bits per heavy atom. The lowest BCUT2D eigenvalue weighted by Crippen LogP contribution is -2.41. The summed E-state index contributed by atoms with van der Waals surface area (Å²) in [4.78, 5) is 27.3. The van der Waals surface area contributed by atoms with Crippen molar-refractivity contribution in [3.05, 3.63) is 0 Å². The highest BCUT2D eigenvalue weighted by atomic mass is 35.5. The molecule has 0 bridgehead atoms. The first-order chi connectivity index (χ1) is 9.58. The minimum atomic E-state index is 0. The third-order valence-electron chi connectivity index (χ3n) is 4.14. The van der Waals surface area contributed by atoms with Gasteiger partial charge in [-0.25, -0.2) is 0 Å². The molecular formula is C15H30ClN3O2. The average molecular weight is 320 g/mol. The molecule has 1 aliphatic heterocycles. The van der Waals surface area contributed by atoms with E-state index in [1.807, 2.05) is 13.8 Å². The Balaban J connectivity index is 0.00000400. The van der Waals surface area contributed by atoms with Crippen molar-refractivity contribution in [2.75, 3.05) is 39.8 Å². The monoisotopic (exact) mass is 319 g/mol. The molecule has 0 atom stereocenters. The van der Waals surface area contributed by atoms with E-state index < -0.39 is 0 Å². The van der Waals surface area contributed by atoms with Crippen LogP contribution in [0.4, 0.5) is 0 Å². The van der Waals surface area contributed by atoms with Gasteiger partial charge in [0.2, 0.25) is 11.8 Å². The molecule has 124 valence electrons. The quantitative estimate of drug-likeness (QED) is 0.774. The average Bonchev–Trinajstić information content (AvgIpc) is 2.47. The maximum atomic E-state index is 12.1. The predicted molar refractivity (Wildman–Crippen MR) is 87.6 cm³/mol. The lowest BCUT2D eigenvalue weighted by Gasteiger charge is -2.25. The van der Waals surface area contributed by atoms with Crippen LogP contribution >= 0.6 is 12.4 Å². The lowest BCUT2D eigenvalue weighted by atomic mass is 9.93. The summed E-state index contributed by atoms with van der Waals surface area (Å²) >= 11 is 0. The maximum absolute atomic E-state index is 12.1. The summed E-state index contributed by atoms with van der Waals surface area (Å²) in [5.41, 5.74) is 0. The summed E-state index contributed by atoms with van der Waals surface area (Å²) in [7, 11) is 1.73. The zero-order valence-electron chi connectivity index (χ0n) is 13.6. The summed E-state index contributed by atoms with van der Waals surface area (Å²) in [5, 5.41) is 3.33. The second kappa shape index (κ2) is 10.9. The first-order valence-electron chi connectivity index (χ1n) is 7.80. The lowest BCUT2D eigenvalue weighted by molar-refractivity contribution is -0.139. The predicted octanol–water partition coefficient (Wildman–Crippen LogP) is 1.51. The van der Waals surface area contributed by atoms with E-state index in [1.54, 1.807) is 16.8 Å². The van der Waals surface area contributed by atoms with Gasteiger partial charge in [0.05, 0.1) is 6.54 Å². The molecule has 0 spiro atoms. The van der Waals surface area contributed by atoms with Gasteiger partial charge in [0.1, 0.15) is 0 Å². The number of halogens is 1. The molecule has 0 aromatic rings. The van der Waals surface area contributed by atoms with E-state index in [0.717, 1.165) is 32.4 Å². The van der Waals surface area contributed by atoms with Gasteiger partial charge in [0.25, 0.3) is 0 Å². The normalized spacial score (nSPS) is 15.2. The molecule has 1 rings (SSSR count). The van der Waals surface area contributed by atoms with Gasteiger partial charge in [-0.15, -0.1) is 12.4 Å². The van der Waals surface area contributed by atoms with Gasteiger partial charge < -0.3 is 15.1 Å². The van der Waals surface area contributed by atoms with Gasteiger partial charge in [0.15, 0.2) is 0 Å². The molecule has 0 unspecified atom stereocenters. The van der Waals surface area contributed by atoms with Crippen molar-refractivity contribution in [2.24, 2.45) is 5.92 Å². The molecule has 1 fully saturated rings. The molecular weight excluding hydrogens is 290 g/mol. The highest BCUT2D eigenvalue weighted by Crippen LogP contribution is 2.18. The Morgan fingerprint density at radius 2 is 1.67 bits per heavy atom. The molecule has 21 heavy (non-hydrogen) atoms. The fourth-order valence-electron chi connectivity index (χ4n) is 2.66. The van der Waals surface area contributed by atoms with Crippen LogP contribution < -0.4 is 5.32 Å². The molecule has 1 saturated heterocycles. The molecule has 0 saturated carbocycles. The number of amides is 2. The Hall–Kier alpha value is -0.810. The number of hydrogen-bond acceptors (Lipinski definition) is 3. The van der Waals surface area contributed by atoms with Crippen molar-refractivity contribution >= 4 is 24.2 Å². The summed E-state index contributed by atoms with van der Waals surface area (Å²) < 4.78 is 0. The first kappa shape index (κ1) is 20.2. The highest BCUT2D eigenvalue weighted by molar-refractivity contribution is 5.85. The van der Waals surface area contributed by atoms with E-state index in [-0.39, 0.29) is 30.8 Å². The largest absolute Gasteiger partial charge is 0.342 e. The SMILES string of the molecule is CCN(CC)C(=O)CN(C)C(=O)CCC1CCNCC1.Cl. The fraction of sp³-hybridized carbons (Fsp3) is 0.867. The molecule has 5 nitrogen and oxygen atoms in total. The van der Waals surface area contributed by atoms with Crippen LogP contribution in [0.1, 0.15) is 39.5 Å². The van der Waals surface area contributed by atoms with E-state index in [9.17, 15) is 9.59 Å². The van der Waals surface area contributed by atoms with Gasteiger partial charge in [-0.05, 0) is 52.1 Å². The van der Waals surface area contributed by atoms with E-state index in [1.165, 1.54) is 0 Å². The van der Waals surface area contributed by atoms with Crippen LogP contribution in [0.2, 0.25) is 0 Å². The smallest absolute Gasteiger partial charge is 0.242 e. The van der Waals surface area contributed by atoms with E-state index in [2.05, 4.69) is 5.32 Å². The molecule has 2 amide bonds. The Bertz CT molecular complexity index is 316. The molecule has 0 radical (unpaired) electrons. The number of likely N-dealkylation sites (N-methyl/N-ethyl adjacent to an activating group) is 2. The Morgan fingerprint density at radius 1 is 1.10 bits per heavy atom. The van der Waals surface area contributed by atoms with Crippen LogP contribution in [0.5, 0.6) is 0 Å². The van der Waals surface area contributed by atoms with Gasteiger partial charge in [-0.3, -0.25) is 9.59 Å². The second-order valence-electron chi connectivity index (χ2n) is 5.55. The van der Waals surface area contributed by atoms with Gasteiger partial charge >= 0.3 is 0 Å². The minimum Gasteiger partial charge on any atom is -0.342 e. The van der Waals surface area contributed by atoms with Crippen LogP contribution in [0.3, 0.4) is 0 Å². The maximum Gasteiger partial charge on any atom is 0.242 e. The fourth-order valence-corrected chi connectivity index (χ4v) is 2.66. The van der Waals surface area contributed by atoms with Crippen LogP contribution in [0.15, 0.2) is 0 Å². The third-order valence-corrected chi connectivity index (χ3v) is 4.14. The number of carbonyl (C=O) groups excluding carboxylic acids is 2. The number of nitrogens with one attached hydrogen (secondary N) is 1.